The van der Waals surface area contributed by atoms with Gasteiger partial charge in [-0.2, -0.15) is 5.10 Å². The standard InChI is InChI=1S/C21H22N4O2.CH2O2/c1-4-20(26)18-11-19(21(27)23-17-10-14(2)12-22-13-17)25(24-18)15(3)16-8-6-5-7-9-16;2-1-3/h5-13,15H,4H2,1-3H3,(H,23,27);1H,(H,2,3)/t15-;/m0./s1. The van der Waals surface area contributed by atoms with Gasteiger partial charge in [0.15, 0.2) is 5.78 Å². The molecular weight excluding hydrogens is 384 g/mol. The monoisotopic (exact) mass is 408 g/mol. The van der Waals surface area contributed by atoms with Gasteiger partial charge in [-0.3, -0.25) is 24.0 Å². The van der Waals surface area contributed by atoms with Gasteiger partial charge in [-0.05, 0) is 31.0 Å². The van der Waals surface area contributed by atoms with Crippen LogP contribution >= 0.6 is 0 Å². The quantitative estimate of drug-likeness (QED) is 0.474. The number of anilines is 1. The molecule has 0 aliphatic heterocycles. The number of carboxylic acid groups (broad SMARTS) is 1. The van der Waals surface area contributed by atoms with Gasteiger partial charge in [-0.15, -0.1) is 0 Å². The van der Waals surface area contributed by atoms with Crippen molar-refractivity contribution in [3.05, 3.63) is 77.4 Å². The second-order valence-corrected chi connectivity index (χ2v) is 6.53. The largest absolute Gasteiger partial charge is 0.483 e. The van der Waals surface area contributed by atoms with Crippen LogP contribution in [0.3, 0.4) is 0 Å². The summed E-state index contributed by atoms with van der Waals surface area (Å²) < 4.78 is 1.61. The van der Waals surface area contributed by atoms with Crippen molar-refractivity contribution in [1.29, 1.82) is 0 Å². The van der Waals surface area contributed by atoms with Crippen LogP contribution in [0.25, 0.3) is 0 Å². The smallest absolute Gasteiger partial charge is 0.290 e. The summed E-state index contributed by atoms with van der Waals surface area (Å²) in [5, 5.41) is 14.2. The van der Waals surface area contributed by atoms with Crippen molar-refractivity contribution in [2.24, 2.45) is 0 Å². The number of hydrogen-bond acceptors (Lipinski definition) is 5. The van der Waals surface area contributed by atoms with E-state index in [4.69, 9.17) is 9.90 Å². The van der Waals surface area contributed by atoms with Crippen molar-refractivity contribution < 1.29 is 19.5 Å². The first-order valence-corrected chi connectivity index (χ1v) is 9.39. The zero-order chi connectivity index (χ0) is 22.1. The van der Waals surface area contributed by atoms with E-state index in [1.807, 2.05) is 50.2 Å². The predicted octanol–water partition coefficient (Wildman–Crippen LogP) is 3.74. The van der Waals surface area contributed by atoms with Gasteiger partial charge in [0.2, 0.25) is 0 Å². The lowest BCUT2D eigenvalue weighted by Crippen LogP contribution is -2.20. The van der Waals surface area contributed by atoms with E-state index >= 15 is 0 Å². The van der Waals surface area contributed by atoms with Crippen molar-refractivity contribution in [1.82, 2.24) is 14.8 Å². The number of carbonyl (C=O) groups is 3. The Bertz CT molecular complexity index is 1010. The predicted molar refractivity (Wildman–Crippen MR) is 113 cm³/mol. The summed E-state index contributed by atoms with van der Waals surface area (Å²) in [7, 11) is 0. The SMILES string of the molecule is CCC(=O)c1cc(C(=O)Nc2cncc(C)c2)n([C@@H](C)c2ccccc2)n1.O=CO. The molecule has 3 rings (SSSR count). The molecule has 156 valence electrons. The van der Waals surface area contributed by atoms with E-state index in [0.717, 1.165) is 11.1 Å². The first-order valence-electron chi connectivity index (χ1n) is 9.39. The summed E-state index contributed by atoms with van der Waals surface area (Å²) in [5.41, 5.74) is 3.18. The highest BCUT2D eigenvalue weighted by Crippen LogP contribution is 2.21. The molecule has 1 amide bonds. The van der Waals surface area contributed by atoms with E-state index in [0.29, 0.717) is 23.5 Å². The number of Topliss-reactive ketones (excluding diaryl/α,β-unsaturated/α-hetero) is 1. The third kappa shape index (κ3) is 5.60. The number of pyridine rings is 1. The summed E-state index contributed by atoms with van der Waals surface area (Å²) in [6, 6.07) is 13.0. The topological polar surface area (TPSA) is 114 Å². The number of nitrogens with one attached hydrogen (secondary N) is 1. The van der Waals surface area contributed by atoms with Crippen LogP contribution in [0.4, 0.5) is 5.69 Å². The number of aryl methyl sites for hydroxylation is 1. The molecule has 8 heteroatoms. The van der Waals surface area contributed by atoms with Gasteiger partial charge in [0.1, 0.15) is 11.4 Å². The van der Waals surface area contributed by atoms with Crippen molar-refractivity contribution >= 4 is 23.9 Å². The lowest BCUT2D eigenvalue weighted by atomic mass is 10.1. The Morgan fingerprint density at radius 1 is 1.20 bits per heavy atom. The zero-order valence-electron chi connectivity index (χ0n) is 17.1. The van der Waals surface area contributed by atoms with E-state index in [1.54, 1.807) is 30.1 Å². The van der Waals surface area contributed by atoms with Crippen LogP contribution in [-0.4, -0.2) is 38.0 Å². The first kappa shape index (κ1) is 22.5. The van der Waals surface area contributed by atoms with E-state index in [2.05, 4.69) is 15.4 Å². The number of carbonyl (C=O) groups excluding carboxylic acids is 2. The minimum Gasteiger partial charge on any atom is -0.483 e. The Hall–Kier alpha value is -3.81. The summed E-state index contributed by atoms with van der Waals surface area (Å²) >= 11 is 0. The third-order valence-electron chi connectivity index (χ3n) is 4.36. The van der Waals surface area contributed by atoms with Gasteiger partial charge in [0, 0.05) is 18.7 Å². The van der Waals surface area contributed by atoms with E-state index in [9.17, 15) is 9.59 Å². The Kier molecular flexibility index (Phi) is 7.99. The average molecular weight is 408 g/mol. The number of hydrogen-bond donors (Lipinski definition) is 2. The van der Waals surface area contributed by atoms with Gasteiger partial charge in [-0.25, -0.2) is 0 Å². The van der Waals surface area contributed by atoms with E-state index < -0.39 is 0 Å². The molecule has 0 radical (unpaired) electrons. The fourth-order valence-corrected chi connectivity index (χ4v) is 2.87. The summed E-state index contributed by atoms with van der Waals surface area (Å²) in [5.74, 6) is -0.423. The maximum Gasteiger partial charge on any atom is 0.290 e. The minimum absolute atomic E-state index is 0.0970. The molecule has 0 aliphatic carbocycles. The molecule has 8 nitrogen and oxygen atoms in total. The van der Waals surface area contributed by atoms with Crippen LogP contribution in [0.1, 0.15) is 58.4 Å². The molecule has 2 N–H and O–H groups in total. The molecule has 0 bridgehead atoms. The molecule has 2 aromatic heterocycles. The highest BCUT2D eigenvalue weighted by molar-refractivity contribution is 6.05. The molecule has 0 aliphatic rings. The van der Waals surface area contributed by atoms with Crippen LogP contribution in [0, 0.1) is 6.92 Å². The Morgan fingerprint density at radius 3 is 2.47 bits per heavy atom. The molecular formula is C22H24N4O4. The molecule has 1 atom stereocenters. The minimum atomic E-state index is -0.326. The highest BCUT2D eigenvalue weighted by Gasteiger charge is 2.22. The van der Waals surface area contributed by atoms with Crippen molar-refractivity contribution in [3.63, 3.8) is 0 Å². The molecule has 0 spiro atoms. The normalized spacial score (nSPS) is 11.0. The van der Waals surface area contributed by atoms with Crippen molar-refractivity contribution in [2.75, 3.05) is 5.32 Å². The van der Waals surface area contributed by atoms with Crippen LogP contribution < -0.4 is 5.32 Å². The van der Waals surface area contributed by atoms with Crippen molar-refractivity contribution in [3.8, 4) is 0 Å². The Labute approximate surface area is 174 Å². The lowest BCUT2D eigenvalue weighted by Gasteiger charge is -2.16. The van der Waals surface area contributed by atoms with Crippen LogP contribution in [0.15, 0.2) is 54.9 Å². The number of aromatic nitrogens is 3. The number of amides is 1. The van der Waals surface area contributed by atoms with Gasteiger partial charge in [0.05, 0.1) is 17.9 Å². The Balaban J connectivity index is 0.00000101. The highest BCUT2D eigenvalue weighted by atomic mass is 16.3. The number of ketones is 1. The Morgan fingerprint density at radius 2 is 1.87 bits per heavy atom. The maximum absolute atomic E-state index is 12.9. The maximum atomic E-state index is 12.9. The fourth-order valence-electron chi connectivity index (χ4n) is 2.87. The van der Waals surface area contributed by atoms with E-state index in [-0.39, 0.29) is 24.2 Å². The molecule has 2 heterocycles. The molecule has 0 unspecified atom stereocenters. The number of nitrogens with zero attached hydrogens (tertiary/aromatic N) is 3. The first-order chi connectivity index (χ1) is 14.4. The van der Waals surface area contributed by atoms with Gasteiger partial charge in [0.25, 0.3) is 12.4 Å². The van der Waals surface area contributed by atoms with Crippen molar-refractivity contribution in [2.45, 2.75) is 33.2 Å². The third-order valence-corrected chi connectivity index (χ3v) is 4.36. The van der Waals surface area contributed by atoms with Crippen LogP contribution in [0.5, 0.6) is 0 Å². The number of benzene rings is 1. The van der Waals surface area contributed by atoms with Gasteiger partial charge >= 0.3 is 0 Å². The summed E-state index contributed by atoms with van der Waals surface area (Å²) in [6.07, 6.45) is 3.64. The zero-order valence-corrected chi connectivity index (χ0v) is 17.1. The summed E-state index contributed by atoms with van der Waals surface area (Å²) in [4.78, 5) is 37.5. The van der Waals surface area contributed by atoms with Gasteiger partial charge in [-0.1, -0.05) is 37.3 Å². The molecule has 0 fully saturated rings. The molecule has 30 heavy (non-hydrogen) atoms. The second kappa shape index (κ2) is 10.7. The molecule has 0 saturated carbocycles. The molecule has 3 aromatic rings. The lowest BCUT2D eigenvalue weighted by molar-refractivity contribution is -0.122. The van der Waals surface area contributed by atoms with Gasteiger partial charge < -0.3 is 10.4 Å². The second-order valence-electron chi connectivity index (χ2n) is 6.53. The van der Waals surface area contributed by atoms with Crippen LogP contribution in [0.2, 0.25) is 0 Å². The molecule has 1 aromatic carbocycles. The molecule has 0 saturated heterocycles. The summed E-state index contributed by atoms with van der Waals surface area (Å²) in [6.45, 7) is 5.38. The fraction of sp³-hybridized carbons (Fsp3) is 0.227. The van der Waals surface area contributed by atoms with E-state index in [1.165, 1.54) is 0 Å². The average Bonchev–Trinajstić information content (AvgIpc) is 3.19. The van der Waals surface area contributed by atoms with Crippen LogP contribution in [-0.2, 0) is 4.79 Å². The number of rotatable bonds is 6.